The van der Waals surface area contributed by atoms with E-state index in [0.717, 1.165) is 11.1 Å². The number of carbonyl (C=O) groups excluding carboxylic acids is 2. The number of sulfone groups is 1. The number of ether oxygens (including phenoxy) is 1. The van der Waals surface area contributed by atoms with E-state index in [1.807, 2.05) is 60.7 Å². The number of hydrogen-bond acceptors (Lipinski definition) is 5. The van der Waals surface area contributed by atoms with Gasteiger partial charge in [0.1, 0.15) is 18.8 Å². The zero-order chi connectivity index (χ0) is 21.6. The summed E-state index contributed by atoms with van der Waals surface area (Å²) in [5.74, 6) is -0.783. The second-order valence-electron chi connectivity index (χ2n) is 7.28. The van der Waals surface area contributed by atoms with Crippen molar-refractivity contribution >= 4 is 21.7 Å². The van der Waals surface area contributed by atoms with Crippen LogP contribution >= 0.6 is 0 Å². The van der Waals surface area contributed by atoms with Gasteiger partial charge in [0.15, 0.2) is 9.84 Å². The third-order valence-corrected chi connectivity index (χ3v) is 6.60. The molecule has 2 amide bonds. The van der Waals surface area contributed by atoms with Gasteiger partial charge in [-0.3, -0.25) is 9.59 Å². The predicted octanol–water partition coefficient (Wildman–Crippen LogP) is 1.55. The van der Waals surface area contributed by atoms with E-state index >= 15 is 0 Å². The maximum atomic E-state index is 12.5. The Morgan fingerprint density at radius 1 is 0.967 bits per heavy atom. The van der Waals surface area contributed by atoms with Crippen LogP contribution in [-0.4, -0.2) is 62.4 Å². The normalized spacial score (nSPS) is 16.8. The molecular formula is C22H26N2O5S. The summed E-state index contributed by atoms with van der Waals surface area (Å²) < 4.78 is 29.0. The average Bonchev–Trinajstić information content (AvgIpc) is 2.75. The van der Waals surface area contributed by atoms with Crippen molar-refractivity contribution in [3.63, 3.8) is 0 Å². The molecule has 0 aromatic heterocycles. The highest BCUT2D eigenvalue weighted by molar-refractivity contribution is 7.91. The number of nitrogens with one attached hydrogen (secondary N) is 1. The molecule has 160 valence electrons. The van der Waals surface area contributed by atoms with Gasteiger partial charge in [-0.25, -0.2) is 8.42 Å². The maximum absolute atomic E-state index is 12.5. The molecule has 1 aliphatic rings. The van der Waals surface area contributed by atoms with E-state index in [0.29, 0.717) is 0 Å². The molecule has 1 atom stereocenters. The van der Waals surface area contributed by atoms with Gasteiger partial charge in [0.25, 0.3) is 0 Å². The Bertz CT molecular complexity index is 910. The predicted molar refractivity (Wildman–Crippen MR) is 114 cm³/mol. The van der Waals surface area contributed by atoms with Crippen molar-refractivity contribution < 1.29 is 22.7 Å². The molecule has 0 saturated carbocycles. The highest BCUT2D eigenvalue weighted by atomic mass is 32.2. The highest BCUT2D eigenvalue weighted by Crippen LogP contribution is 2.25. The molecule has 1 N–H and O–H groups in total. The summed E-state index contributed by atoms with van der Waals surface area (Å²) in [4.78, 5) is 26.4. The molecule has 2 aromatic rings. The van der Waals surface area contributed by atoms with Crippen molar-refractivity contribution in [1.82, 2.24) is 10.2 Å². The van der Waals surface area contributed by atoms with Crippen LogP contribution in [0.2, 0.25) is 0 Å². The lowest BCUT2D eigenvalue weighted by atomic mass is 10.0. The van der Waals surface area contributed by atoms with Gasteiger partial charge in [0, 0.05) is 13.1 Å². The number of nitrogens with zero attached hydrogens (tertiary/aromatic N) is 1. The molecule has 7 nitrogen and oxygen atoms in total. The van der Waals surface area contributed by atoms with Crippen LogP contribution in [0.3, 0.4) is 0 Å². The molecule has 1 fully saturated rings. The van der Waals surface area contributed by atoms with Gasteiger partial charge >= 0.3 is 0 Å². The standard InChI is InChI=1S/C22H26N2O5S/c1-17(22(26)24-12-14-30(27,28)15-13-24)23-20(25)16-29-21(18-8-4-2-5-9-18)19-10-6-3-7-11-19/h2-11,17,21H,12-16H2,1H3,(H,23,25). The molecule has 1 saturated heterocycles. The monoisotopic (exact) mass is 430 g/mol. The van der Waals surface area contributed by atoms with Crippen LogP contribution in [0.1, 0.15) is 24.2 Å². The summed E-state index contributed by atoms with van der Waals surface area (Å²) in [6.45, 7) is 1.69. The summed E-state index contributed by atoms with van der Waals surface area (Å²) in [6, 6.07) is 18.5. The average molecular weight is 431 g/mol. The van der Waals surface area contributed by atoms with Crippen LogP contribution in [-0.2, 0) is 24.2 Å². The molecule has 0 aliphatic carbocycles. The van der Waals surface area contributed by atoms with E-state index in [-0.39, 0.29) is 37.1 Å². The van der Waals surface area contributed by atoms with Crippen molar-refractivity contribution in [3.8, 4) is 0 Å². The number of carbonyl (C=O) groups is 2. The third-order valence-electron chi connectivity index (χ3n) is 4.99. The van der Waals surface area contributed by atoms with Crippen LogP contribution in [0.15, 0.2) is 60.7 Å². The zero-order valence-corrected chi connectivity index (χ0v) is 17.7. The molecule has 3 rings (SSSR count). The van der Waals surface area contributed by atoms with Crippen molar-refractivity contribution in [1.29, 1.82) is 0 Å². The summed E-state index contributed by atoms with van der Waals surface area (Å²) >= 11 is 0. The Morgan fingerprint density at radius 3 is 1.97 bits per heavy atom. The lowest BCUT2D eigenvalue weighted by Crippen LogP contribution is -2.52. The molecular weight excluding hydrogens is 404 g/mol. The lowest BCUT2D eigenvalue weighted by molar-refractivity contribution is -0.137. The first kappa shape index (κ1) is 22.0. The molecule has 1 heterocycles. The van der Waals surface area contributed by atoms with Crippen LogP contribution < -0.4 is 5.32 Å². The molecule has 0 spiro atoms. The van der Waals surface area contributed by atoms with Crippen molar-refractivity contribution in [2.75, 3.05) is 31.2 Å². The largest absolute Gasteiger partial charge is 0.359 e. The van der Waals surface area contributed by atoms with Gasteiger partial charge in [0.05, 0.1) is 11.5 Å². The Hall–Kier alpha value is -2.71. The molecule has 2 aromatic carbocycles. The molecule has 8 heteroatoms. The van der Waals surface area contributed by atoms with Gasteiger partial charge in [-0.2, -0.15) is 0 Å². The Kier molecular flexibility index (Phi) is 7.23. The Morgan fingerprint density at radius 2 is 1.47 bits per heavy atom. The summed E-state index contributed by atoms with van der Waals surface area (Å²) in [5, 5.41) is 2.65. The molecule has 1 unspecified atom stereocenters. The number of rotatable bonds is 7. The third kappa shape index (κ3) is 5.90. The van der Waals surface area contributed by atoms with Crippen molar-refractivity contribution in [2.24, 2.45) is 0 Å². The zero-order valence-electron chi connectivity index (χ0n) is 16.9. The summed E-state index contributed by atoms with van der Waals surface area (Å²) in [6.07, 6.45) is -0.406. The van der Waals surface area contributed by atoms with E-state index in [1.165, 1.54) is 4.90 Å². The first-order chi connectivity index (χ1) is 14.4. The maximum Gasteiger partial charge on any atom is 0.246 e. The van der Waals surface area contributed by atoms with Crippen LogP contribution in [0, 0.1) is 0 Å². The second-order valence-corrected chi connectivity index (χ2v) is 9.58. The van der Waals surface area contributed by atoms with E-state index in [1.54, 1.807) is 6.92 Å². The fourth-order valence-electron chi connectivity index (χ4n) is 3.35. The molecule has 0 radical (unpaired) electrons. The van der Waals surface area contributed by atoms with Gasteiger partial charge < -0.3 is 15.0 Å². The van der Waals surface area contributed by atoms with Gasteiger partial charge in [0.2, 0.25) is 11.8 Å². The Labute approximate surface area is 177 Å². The van der Waals surface area contributed by atoms with Crippen molar-refractivity contribution in [2.45, 2.75) is 19.1 Å². The van der Waals surface area contributed by atoms with Gasteiger partial charge in [-0.1, -0.05) is 60.7 Å². The van der Waals surface area contributed by atoms with Crippen LogP contribution in [0.4, 0.5) is 0 Å². The minimum Gasteiger partial charge on any atom is -0.359 e. The van der Waals surface area contributed by atoms with Crippen molar-refractivity contribution in [3.05, 3.63) is 71.8 Å². The lowest BCUT2D eigenvalue weighted by Gasteiger charge is -2.29. The molecule has 30 heavy (non-hydrogen) atoms. The number of hydrogen-bond donors (Lipinski definition) is 1. The minimum absolute atomic E-state index is 0.0433. The van der Waals surface area contributed by atoms with E-state index < -0.39 is 27.9 Å². The molecule has 0 bridgehead atoms. The quantitative estimate of drug-likeness (QED) is 0.720. The first-order valence-corrected chi connectivity index (χ1v) is 11.7. The number of benzene rings is 2. The van der Waals surface area contributed by atoms with E-state index in [9.17, 15) is 18.0 Å². The number of amides is 2. The van der Waals surface area contributed by atoms with Gasteiger partial charge in [-0.15, -0.1) is 0 Å². The second kappa shape index (κ2) is 9.86. The summed E-state index contributed by atoms with van der Waals surface area (Å²) in [7, 11) is -3.07. The van der Waals surface area contributed by atoms with E-state index in [4.69, 9.17) is 4.74 Å². The minimum atomic E-state index is -3.07. The van der Waals surface area contributed by atoms with Gasteiger partial charge in [-0.05, 0) is 18.1 Å². The topological polar surface area (TPSA) is 92.8 Å². The van der Waals surface area contributed by atoms with E-state index in [2.05, 4.69) is 5.32 Å². The SMILES string of the molecule is CC(NC(=O)COC(c1ccccc1)c1ccccc1)C(=O)N1CCS(=O)(=O)CC1. The fourth-order valence-corrected chi connectivity index (χ4v) is 4.55. The fraction of sp³-hybridized carbons (Fsp3) is 0.364. The summed E-state index contributed by atoms with van der Waals surface area (Å²) in [5.41, 5.74) is 1.85. The highest BCUT2D eigenvalue weighted by Gasteiger charge is 2.28. The van der Waals surface area contributed by atoms with Crippen LogP contribution in [0.5, 0.6) is 0 Å². The molecule has 1 aliphatic heterocycles. The smallest absolute Gasteiger partial charge is 0.246 e. The van der Waals surface area contributed by atoms with Crippen LogP contribution in [0.25, 0.3) is 0 Å². The first-order valence-electron chi connectivity index (χ1n) is 9.86. The Balaban J connectivity index is 1.57.